The molecule has 11 atom stereocenters. The van der Waals surface area contributed by atoms with Crippen molar-refractivity contribution in [2.24, 2.45) is 17.8 Å². The van der Waals surface area contributed by atoms with Gasteiger partial charge >= 0.3 is 12.2 Å². The highest BCUT2D eigenvalue weighted by atomic mass is 32.2. The van der Waals surface area contributed by atoms with Gasteiger partial charge in [0.1, 0.15) is 47.1 Å². The van der Waals surface area contributed by atoms with E-state index >= 15 is 0 Å². The number of hydrogen-bond acceptors (Lipinski definition) is 16. The van der Waals surface area contributed by atoms with Gasteiger partial charge in [0, 0.05) is 50.5 Å². The Morgan fingerprint density at radius 2 is 1.60 bits per heavy atom. The van der Waals surface area contributed by atoms with E-state index in [9.17, 15) is 29.7 Å². The third kappa shape index (κ3) is 11.8. The van der Waals surface area contributed by atoms with Crippen LogP contribution in [0.3, 0.4) is 0 Å². The highest BCUT2D eigenvalue weighted by molar-refractivity contribution is 8.01. The Morgan fingerprint density at radius 1 is 0.947 bits per heavy atom. The van der Waals surface area contributed by atoms with E-state index in [0.717, 1.165) is 19.3 Å². The Kier molecular flexibility index (Phi) is 15.4. The predicted molar refractivity (Wildman–Crippen MR) is 220 cm³/mol. The quantitative estimate of drug-likeness (QED) is 0.248. The molecule has 1 aromatic heterocycles. The van der Waals surface area contributed by atoms with E-state index in [1.54, 1.807) is 31.9 Å². The Morgan fingerprint density at radius 3 is 2.21 bits per heavy atom. The highest BCUT2D eigenvalue weighted by Crippen LogP contribution is 2.40. The molecular formula is C38H64N6O10S3. The van der Waals surface area contributed by atoms with Crippen molar-refractivity contribution in [2.75, 3.05) is 50.5 Å². The third-order valence-electron chi connectivity index (χ3n) is 10.6. The lowest BCUT2D eigenvalue weighted by Crippen LogP contribution is -2.66. The number of piperazine rings is 1. The van der Waals surface area contributed by atoms with Gasteiger partial charge in [-0.2, -0.15) is 0 Å². The Labute approximate surface area is 349 Å². The molecule has 1 aromatic rings. The number of anilines is 1. The molecule has 0 spiro atoms. The molecule has 4 N–H and O–H groups in total. The maximum absolute atomic E-state index is 14.8. The number of amides is 3. The SMILES string of the molecule is CSC1O[C@H]([C@H](NC(=O)[C@@H]2[C@@H]3OCC[C@@H](CC(C)C)C[C@H]3CN2C(=O)OC(C)(C)C)[C@H](C)Sc2nnc(N3CCN(C(=O)OC(C)(C)C)CC3)s2)C(O)C(O)[C@H]1O. The molecule has 324 valence electrons. The molecule has 0 radical (unpaired) electrons. The van der Waals surface area contributed by atoms with Crippen molar-refractivity contribution in [3.05, 3.63) is 0 Å². The number of aromatic nitrogens is 2. The molecule has 0 aliphatic carbocycles. The minimum absolute atomic E-state index is 0.0926. The van der Waals surface area contributed by atoms with Gasteiger partial charge in [-0.1, -0.05) is 43.9 Å². The zero-order valence-electron chi connectivity index (χ0n) is 35.0. The van der Waals surface area contributed by atoms with Gasteiger partial charge in [0.2, 0.25) is 11.0 Å². The van der Waals surface area contributed by atoms with Gasteiger partial charge in [-0.05, 0) is 78.9 Å². The molecule has 16 nitrogen and oxygen atoms in total. The van der Waals surface area contributed by atoms with E-state index in [-0.39, 0.29) is 12.0 Å². The summed E-state index contributed by atoms with van der Waals surface area (Å²) in [7, 11) is 0. The van der Waals surface area contributed by atoms with Crippen molar-refractivity contribution in [3.8, 4) is 0 Å². The van der Waals surface area contributed by atoms with Crippen molar-refractivity contribution < 1.29 is 48.7 Å². The smallest absolute Gasteiger partial charge is 0.411 e. The van der Waals surface area contributed by atoms with Crippen molar-refractivity contribution in [1.29, 1.82) is 0 Å². The summed E-state index contributed by atoms with van der Waals surface area (Å²) in [5.74, 6) is 0.295. The van der Waals surface area contributed by atoms with Crippen LogP contribution in [0.25, 0.3) is 0 Å². The summed E-state index contributed by atoms with van der Waals surface area (Å²) < 4.78 is 24.6. The number of aliphatic hydroxyl groups is 3. The first-order valence-electron chi connectivity index (χ1n) is 20.0. The van der Waals surface area contributed by atoms with Crippen LogP contribution in [0.15, 0.2) is 4.34 Å². The number of carbonyl (C=O) groups excluding carboxylic acids is 3. The second-order valence-corrected chi connectivity index (χ2v) is 21.5. The van der Waals surface area contributed by atoms with Gasteiger partial charge in [0.25, 0.3) is 0 Å². The van der Waals surface area contributed by atoms with Crippen LogP contribution in [0.5, 0.6) is 0 Å². The lowest BCUT2D eigenvalue weighted by atomic mass is 9.85. The molecule has 4 aliphatic heterocycles. The summed E-state index contributed by atoms with van der Waals surface area (Å²) >= 11 is 3.88. The molecule has 3 unspecified atom stereocenters. The van der Waals surface area contributed by atoms with Gasteiger partial charge in [-0.3, -0.25) is 9.69 Å². The number of thioether (sulfide) groups is 2. The van der Waals surface area contributed by atoms with E-state index in [1.165, 1.54) is 39.8 Å². The monoisotopic (exact) mass is 860 g/mol. The summed E-state index contributed by atoms with van der Waals surface area (Å²) in [6.45, 7) is 19.9. The lowest BCUT2D eigenvalue weighted by molar-refractivity contribution is -0.205. The number of rotatable bonds is 10. The predicted octanol–water partition coefficient (Wildman–Crippen LogP) is 3.81. The molecule has 5 rings (SSSR count). The number of nitrogens with one attached hydrogen (secondary N) is 1. The Hall–Kier alpha value is -2.13. The average molecular weight is 861 g/mol. The van der Waals surface area contributed by atoms with Crippen LogP contribution in [0.1, 0.15) is 81.6 Å². The van der Waals surface area contributed by atoms with Crippen LogP contribution in [0.4, 0.5) is 14.7 Å². The van der Waals surface area contributed by atoms with Crippen LogP contribution in [0.2, 0.25) is 0 Å². The molecule has 4 aliphatic rings. The number of likely N-dealkylation sites (tertiary alicyclic amines) is 1. The van der Waals surface area contributed by atoms with Gasteiger partial charge in [0.05, 0.1) is 12.1 Å². The maximum atomic E-state index is 14.8. The molecule has 0 bridgehead atoms. The molecule has 57 heavy (non-hydrogen) atoms. The molecule has 5 heterocycles. The zero-order valence-corrected chi connectivity index (χ0v) is 37.4. The van der Waals surface area contributed by atoms with Crippen molar-refractivity contribution in [1.82, 2.24) is 25.3 Å². The minimum Gasteiger partial charge on any atom is -0.444 e. The fourth-order valence-corrected chi connectivity index (χ4v) is 11.0. The molecule has 19 heteroatoms. The van der Waals surface area contributed by atoms with Crippen LogP contribution in [-0.4, -0.2) is 163 Å². The average Bonchev–Trinajstić information content (AvgIpc) is 3.67. The number of aliphatic hydroxyl groups excluding tert-OH is 3. The minimum atomic E-state index is -1.55. The number of ether oxygens (including phenoxy) is 4. The summed E-state index contributed by atoms with van der Waals surface area (Å²) in [6.07, 6.45) is -2.71. The van der Waals surface area contributed by atoms with Crippen molar-refractivity contribution in [3.63, 3.8) is 0 Å². The largest absolute Gasteiger partial charge is 0.444 e. The Balaban J connectivity index is 1.38. The molecular weight excluding hydrogens is 797 g/mol. The van der Waals surface area contributed by atoms with Gasteiger partial charge in [0.15, 0.2) is 4.34 Å². The molecule has 4 fully saturated rings. The first-order valence-corrected chi connectivity index (χ1v) is 23.0. The van der Waals surface area contributed by atoms with Crippen LogP contribution < -0.4 is 10.2 Å². The maximum Gasteiger partial charge on any atom is 0.411 e. The summed E-state index contributed by atoms with van der Waals surface area (Å²) in [5, 5.41) is 45.2. The topological polar surface area (TPSA) is 196 Å². The zero-order chi connectivity index (χ0) is 42.0. The second kappa shape index (κ2) is 19.1. The van der Waals surface area contributed by atoms with Crippen LogP contribution in [0, 0.1) is 17.8 Å². The van der Waals surface area contributed by atoms with Crippen LogP contribution >= 0.6 is 34.9 Å². The normalized spacial score (nSPS) is 31.1. The number of carbonyl (C=O) groups is 3. The fourth-order valence-electron chi connectivity index (χ4n) is 8.04. The second-order valence-electron chi connectivity index (χ2n) is 18.0. The standard InChI is InChI=1S/C38H64N6O10S3/c1-20(2)17-22-11-16-51-29-23(18-22)19-44(36(50)54-38(7,8)9)25(29)31(48)39-24(30-27(46)26(45)28(47)32(52-30)55-10)21(3)56-34-41-40-33(57-34)42-12-14-43(15-13-42)35(49)53-37(4,5)6/h20-30,32,45-47H,11-19H2,1-10H3,(H,39,48)/t21-,22-,23-,24+,25-,26?,27?,28+,29+,30+,32?/m0/s1. The molecule has 3 amide bonds. The van der Waals surface area contributed by atoms with Crippen LogP contribution in [-0.2, 0) is 23.7 Å². The van der Waals surface area contributed by atoms with Crippen molar-refractivity contribution in [2.45, 2.75) is 150 Å². The molecule has 0 aromatic carbocycles. The number of hydrogen-bond donors (Lipinski definition) is 4. The first-order chi connectivity index (χ1) is 26.6. The third-order valence-corrected chi connectivity index (χ3v) is 13.7. The molecule has 4 saturated heterocycles. The first kappa shape index (κ1) is 45.9. The van der Waals surface area contributed by atoms with E-state index < -0.39 is 76.5 Å². The number of nitrogens with zero attached hydrogens (tertiary/aromatic N) is 5. The summed E-state index contributed by atoms with van der Waals surface area (Å²) in [5.41, 5.74) is -2.26. The van der Waals surface area contributed by atoms with E-state index in [0.29, 0.717) is 60.6 Å². The van der Waals surface area contributed by atoms with Gasteiger partial charge in [-0.25, -0.2) is 9.59 Å². The van der Waals surface area contributed by atoms with Gasteiger partial charge < -0.3 is 49.4 Å². The van der Waals surface area contributed by atoms with Gasteiger partial charge in [-0.15, -0.1) is 22.0 Å². The molecule has 0 saturated carbocycles. The fraction of sp³-hybridized carbons (Fsp3) is 0.868. The summed E-state index contributed by atoms with van der Waals surface area (Å²) in [6, 6.07) is -1.96. The van der Waals surface area contributed by atoms with E-state index in [2.05, 4.69) is 34.3 Å². The number of fused-ring (bicyclic) bond motifs is 1. The highest BCUT2D eigenvalue weighted by Gasteiger charge is 2.53. The summed E-state index contributed by atoms with van der Waals surface area (Å²) in [4.78, 5) is 46.3. The van der Waals surface area contributed by atoms with E-state index in [1.807, 2.05) is 27.7 Å². The Bertz CT molecular complexity index is 1520. The van der Waals surface area contributed by atoms with Crippen molar-refractivity contribution >= 4 is 58.1 Å². The van der Waals surface area contributed by atoms with E-state index in [4.69, 9.17) is 18.9 Å². The lowest BCUT2D eigenvalue weighted by Gasteiger charge is -2.44.